The zero-order chi connectivity index (χ0) is 13.5. The topological polar surface area (TPSA) is 38.3 Å². The molecule has 1 aromatic rings. The number of carbonyl (C=O) groups excluding carboxylic acids is 1. The van der Waals surface area contributed by atoms with Gasteiger partial charge in [-0.15, -0.1) is 0 Å². The van der Waals surface area contributed by atoms with Gasteiger partial charge in [-0.1, -0.05) is 30.7 Å². The number of aryl methyl sites for hydroxylation is 2. The number of methoxy groups -OCH3 is 1. The molecule has 1 unspecified atom stereocenters. The van der Waals surface area contributed by atoms with Crippen LogP contribution in [-0.4, -0.2) is 25.7 Å². The minimum absolute atomic E-state index is 0.142. The molecule has 1 atom stereocenters. The number of carbonyl (C=O) groups is 1. The molecule has 0 saturated heterocycles. The van der Waals surface area contributed by atoms with Gasteiger partial charge in [0, 0.05) is 6.04 Å². The Morgan fingerprint density at radius 3 is 2.72 bits per heavy atom. The molecule has 0 bridgehead atoms. The maximum atomic E-state index is 11.4. The predicted molar refractivity (Wildman–Crippen MR) is 73.7 cm³/mol. The highest BCUT2D eigenvalue weighted by Gasteiger charge is 2.14. The lowest BCUT2D eigenvalue weighted by molar-refractivity contribution is -0.141. The van der Waals surface area contributed by atoms with E-state index in [4.69, 9.17) is 4.74 Å². The van der Waals surface area contributed by atoms with E-state index in [2.05, 4.69) is 37.4 Å². The monoisotopic (exact) mass is 249 g/mol. The average Bonchev–Trinajstić information content (AvgIpc) is 2.34. The maximum Gasteiger partial charge on any atom is 0.307 e. The van der Waals surface area contributed by atoms with Crippen LogP contribution in [0, 0.1) is 13.8 Å². The second kappa shape index (κ2) is 7.17. The third-order valence-corrected chi connectivity index (χ3v) is 3.10. The van der Waals surface area contributed by atoms with Crippen molar-refractivity contribution in [3.05, 3.63) is 34.9 Å². The Bertz CT molecular complexity index is 401. The quantitative estimate of drug-likeness (QED) is 0.787. The van der Waals surface area contributed by atoms with E-state index in [1.165, 1.54) is 23.8 Å². The van der Waals surface area contributed by atoms with Crippen LogP contribution in [0.3, 0.4) is 0 Å². The highest BCUT2D eigenvalue weighted by molar-refractivity contribution is 5.70. The van der Waals surface area contributed by atoms with Gasteiger partial charge in [0.2, 0.25) is 0 Å². The molecule has 0 aromatic heterocycles. The zero-order valence-electron chi connectivity index (χ0n) is 11.7. The molecule has 0 aliphatic carbocycles. The number of benzene rings is 1. The van der Waals surface area contributed by atoms with Crippen LogP contribution in [0.2, 0.25) is 0 Å². The van der Waals surface area contributed by atoms with E-state index in [0.29, 0.717) is 6.42 Å². The fourth-order valence-electron chi connectivity index (χ4n) is 2.08. The van der Waals surface area contributed by atoms with E-state index in [0.717, 1.165) is 13.0 Å². The van der Waals surface area contributed by atoms with Crippen molar-refractivity contribution in [3.8, 4) is 0 Å². The van der Waals surface area contributed by atoms with Gasteiger partial charge in [0.15, 0.2) is 0 Å². The molecule has 0 saturated carbocycles. The molecule has 18 heavy (non-hydrogen) atoms. The largest absolute Gasteiger partial charge is 0.469 e. The van der Waals surface area contributed by atoms with E-state index < -0.39 is 0 Å². The summed E-state index contributed by atoms with van der Waals surface area (Å²) in [7, 11) is 1.43. The molecule has 1 aromatic carbocycles. The number of esters is 1. The lowest BCUT2D eigenvalue weighted by atomic mass is 9.97. The standard InChI is InChI=1S/C15H23NO2/c1-5-16-14(10-15(17)18-4)9-13-8-11(2)6-7-12(13)3/h6-8,14,16H,5,9-10H2,1-4H3. The van der Waals surface area contributed by atoms with Gasteiger partial charge in [-0.3, -0.25) is 4.79 Å². The number of likely N-dealkylation sites (N-methyl/N-ethyl adjacent to an activating group) is 1. The Labute approximate surface area is 110 Å². The van der Waals surface area contributed by atoms with Crippen LogP contribution in [0.5, 0.6) is 0 Å². The first-order valence-corrected chi connectivity index (χ1v) is 6.43. The van der Waals surface area contributed by atoms with Crippen molar-refractivity contribution in [1.29, 1.82) is 0 Å². The minimum atomic E-state index is -0.161. The van der Waals surface area contributed by atoms with Gasteiger partial charge in [-0.25, -0.2) is 0 Å². The van der Waals surface area contributed by atoms with Crippen LogP contribution < -0.4 is 5.32 Å². The highest BCUT2D eigenvalue weighted by Crippen LogP contribution is 2.14. The summed E-state index contributed by atoms with van der Waals surface area (Å²) in [5.74, 6) is -0.161. The van der Waals surface area contributed by atoms with Crippen molar-refractivity contribution < 1.29 is 9.53 Å². The predicted octanol–water partition coefficient (Wildman–Crippen LogP) is 2.39. The average molecular weight is 249 g/mol. The third kappa shape index (κ3) is 4.49. The Morgan fingerprint density at radius 1 is 1.39 bits per heavy atom. The van der Waals surface area contributed by atoms with Gasteiger partial charge in [0.1, 0.15) is 0 Å². The molecule has 1 rings (SSSR count). The lowest BCUT2D eigenvalue weighted by Gasteiger charge is -2.18. The molecule has 3 nitrogen and oxygen atoms in total. The SMILES string of the molecule is CCNC(CC(=O)OC)Cc1cc(C)ccc1C. The van der Waals surface area contributed by atoms with Gasteiger partial charge in [-0.05, 0) is 37.9 Å². The third-order valence-electron chi connectivity index (χ3n) is 3.10. The summed E-state index contributed by atoms with van der Waals surface area (Å²) >= 11 is 0. The van der Waals surface area contributed by atoms with E-state index in [1.54, 1.807) is 0 Å². The van der Waals surface area contributed by atoms with E-state index >= 15 is 0 Å². The van der Waals surface area contributed by atoms with E-state index in [1.807, 2.05) is 6.92 Å². The summed E-state index contributed by atoms with van der Waals surface area (Å²) in [6, 6.07) is 6.58. The van der Waals surface area contributed by atoms with Crippen molar-refractivity contribution in [3.63, 3.8) is 0 Å². The molecule has 1 N–H and O–H groups in total. The number of hydrogen-bond donors (Lipinski definition) is 1. The molecule has 0 spiro atoms. The Morgan fingerprint density at radius 2 is 2.11 bits per heavy atom. The van der Waals surface area contributed by atoms with Crippen LogP contribution in [-0.2, 0) is 16.0 Å². The van der Waals surface area contributed by atoms with Crippen molar-refractivity contribution in [2.24, 2.45) is 0 Å². The van der Waals surface area contributed by atoms with Gasteiger partial charge in [-0.2, -0.15) is 0 Å². The molecule has 3 heteroatoms. The number of rotatable bonds is 6. The van der Waals surface area contributed by atoms with Crippen LogP contribution in [0.1, 0.15) is 30.0 Å². The van der Waals surface area contributed by atoms with Crippen LogP contribution in [0.25, 0.3) is 0 Å². The first kappa shape index (κ1) is 14.7. The molecular formula is C15H23NO2. The second-order valence-corrected chi connectivity index (χ2v) is 4.67. The number of hydrogen-bond acceptors (Lipinski definition) is 3. The smallest absolute Gasteiger partial charge is 0.307 e. The van der Waals surface area contributed by atoms with Gasteiger partial charge >= 0.3 is 5.97 Å². The number of nitrogens with one attached hydrogen (secondary N) is 1. The summed E-state index contributed by atoms with van der Waals surface area (Å²) in [5, 5.41) is 3.34. The van der Waals surface area contributed by atoms with E-state index in [-0.39, 0.29) is 12.0 Å². The van der Waals surface area contributed by atoms with Gasteiger partial charge in [0.05, 0.1) is 13.5 Å². The Hall–Kier alpha value is -1.35. The van der Waals surface area contributed by atoms with Crippen LogP contribution >= 0.6 is 0 Å². The first-order chi connectivity index (χ1) is 8.56. The first-order valence-electron chi connectivity index (χ1n) is 6.43. The molecule has 0 amide bonds. The van der Waals surface area contributed by atoms with Crippen molar-refractivity contribution in [1.82, 2.24) is 5.32 Å². The van der Waals surface area contributed by atoms with Crippen molar-refractivity contribution in [2.45, 2.75) is 39.7 Å². The Kier molecular flexibility index (Phi) is 5.86. The number of ether oxygens (including phenoxy) is 1. The summed E-state index contributed by atoms with van der Waals surface area (Å²) in [5.41, 5.74) is 3.82. The van der Waals surface area contributed by atoms with E-state index in [9.17, 15) is 4.79 Å². The van der Waals surface area contributed by atoms with Gasteiger partial charge < -0.3 is 10.1 Å². The second-order valence-electron chi connectivity index (χ2n) is 4.67. The maximum absolute atomic E-state index is 11.4. The fraction of sp³-hybridized carbons (Fsp3) is 0.533. The normalized spacial score (nSPS) is 12.2. The summed E-state index contributed by atoms with van der Waals surface area (Å²) < 4.78 is 4.74. The molecule has 0 aliphatic rings. The molecule has 0 aliphatic heterocycles. The summed E-state index contributed by atoms with van der Waals surface area (Å²) in [6.07, 6.45) is 1.27. The van der Waals surface area contributed by atoms with Crippen molar-refractivity contribution in [2.75, 3.05) is 13.7 Å². The Balaban J connectivity index is 2.75. The molecule has 100 valence electrons. The highest BCUT2D eigenvalue weighted by atomic mass is 16.5. The summed E-state index contributed by atoms with van der Waals surface area (Å²) in [4.78, 5) is 11.4. The van der Waals surface area contributed by atoms with Crippen molar-refractivity contribution >= 4 is 5.97 Å². The summed E-state index contributed by atoms with van der Waals surface area (Å²) in [6.45, 7) is 7.10. The molecule has 0 radical (unpaired) electrons. The molecule has 0 heterocycles. The lowest BCUT2D eigenvalue weighted by Crippen LogP contribution is -2.33. The van der Waals surface area contributed by atoms with Crippen LogP contribution in [0.15, 0.2) is 18.2 Å². The zero-order valence-corrected chi connectivity index (χ0v) is 11.7. The van der Waals surface area contributed by atoms with Crippen LogP contribution in [0.4, 0.5) is 0 Å². The fourth-order valence-corrected chi connectivity index (χ4v) is 2.08. The van der Waals surface area contributed by atoms with Gasteiger partial charge in [0.25, 0.3) is 0 Å². The molecular weight excluding hydrogens is 226 g/mol. The molecule has 0 fully saturated rings. The minimum Gasteiger partial charge on any atom is -0.469 e.